The molecule has 2 aromatic carbocycles. The van der Waals surface area contributed by atoms with Crippen LogP contribution in [-0.4, -0.2) is 37.6 Å². The Balaban J connectivity index is 1.56. The minimum Gasteiger partial charge on any atom is -0.497 e. The topological polar surface area (TPSA) is 54.7 Å². The second-order valence-electron chi connectivity index (χ2n) is 8.25. The van der Waals surface area contributed by atoms with Crippen molar-refractivity contribution in [3.05, 3.63) is 64.4 Å². The average molecular weight is 407 g/mol. The normalized spacial score (nSPS) is 15.5. The molecule has 1 atom stereocenters. The van der Waals surface area contributed by atoms with E-state index in [1.165, 1.54) is 18.4 Å². The Kier molecular flexibility index (Phi) is 5.82. The van der Waals surface area contributed by atoms with Crippen LogP contribution in [0.4, 0.5) is 0 Å². The van der Waals surface area contributed by atoms with Crippen LogP contribution < -0.4 is 10.1 Å². The van der Waals surface area contributed by atoms with Gasteiger partial charge in [-0.1, -0.05) is 18.2 Å². The smallest absolute Gasteiger partial charge is 0.287 e. The zero-order chi connectivity index (χ0) is 21.3. The largest absolute Gasteiger partial charge is 0.497 e. The van der Waals surface area contributed by atoms with E-state index >= 15 is 0 Å². The van der Waals surface area contributed by atoms with E-state index < -0.39 is 0 Å². The highest BCUT2D eigenvalue weighted by Gasteiger charge is 2.26. The molecule has 1 fully saturated rings. The van der Waals surface area contributed by atoms with Crippen molar-refractivity contribution in [2.45, 2.75) is 39.7 Å². The van der Waals surface area contributed by atoms with Gasteiger partial charge in [-0.25, -0.2) is 0 Å². The zero-order valence-electron chi connectivity index (χ0n) is 18.2. The molecule has 0 unspecified atom stereocenters. The molecule has 0 radical (unpaired) electrons. The first-order valence-electron chi connectivity index (χ1n) is 10.6. The summed E-state index contributed by atoms with van der Waals surface area (Å²) in [4.78, 5) is 15.5. The predicted octanol–water partition coefficient (Wildman–Crippen LogP) is 4.93. The van der Waals surface area contributed by atoms with E-state index in [0.717, 1.165) is 46.5 Å². The van der Waals surface area contributed by atoms with Crippen molar-refractivity contribution in [2.24, 2.45) is 0 Å². The van der Waals surface area contributed by atoms with Crippen molar-refractivity contribution >= 4 is 16.9 Å². The second-order valence-corrected chi connectivity index (χ2v) is 8.25. The van der Waals surface area contributed by atoms with Crippen LogP contribution in [0.25, 0.3) is 11.0 Å². The van der Waals surface area contributed by atoms with Crippen molar-refractivity contribution in [1.82, 2.24) is 10.2 Å². The number of amides is 1. The van der Waals surface area contributed by atoms with Crippen LogP contribution in [0.2, 0.25) is 0 Å². The van der Waals surface area contributed by atoms with Crippen molar-refractivity contribution < 1.29 is 13.9 Å². The highest BCUT2D eigenvalue weighted by Crippen LogP contribution is 2.30. The number of furan rings is 1. The highest BCUT2D eigenvalue weighted by molar-refractivity contribution is 6.00. The molecule has 5 heteroatoms. The number of fused-ring (bicyclic) bond motifs is 1. The van der Waals surface area contributed by atoms with Gasteiger partial charge >= 0.3 is 0 Å². The lowest BCUT2D eigenvalue weighted by atomic mass is 10.0. The molecular formula is C25H30N2O3. The van der Waals surface area contributed by atoms with Crippen LogP contribution in [0.5, 0.6) is 5.75 Å². The molecule has 1 aliphatic heterocycles. The molecule has 1 aliphatic rings. The summed E-state index contributed by atoms with van der Waals surface area (Å²) in [7, 11) is 1.67. The Morgan fingerprint density at radius 1 is 1.13 bits per heavy atom. The van der Waals surface area contributed by atoms with Gasteiger partial charge in [0.1, 0.15) is 11.3 Å². The van der Waals surface area contributed by atoms with E-state index in [2.05, 4.69) is 35.3 Å². The van der Waals surface area contributed by atoms with E-state index in [0.29, 0.717) is 12.3 Å². The van der Waals surface area contributed by atoms with Gasteiger partial charge in [0.25, 0.3) is 5.91 Å². The summed E-state index contributed by atoms with van der Waals surface area (Å²) in [6.07, 6.45) is 2.39. The number of methoxy groups -OCH3 is 1. The highest BCUT2D eigenvalue weighted by atomic mass is 16.5. The molecule has 0 saturated carbocycles. The van der Waals surface area contributed by atoms with Gasteiger partial charge in [0, 0.05) is 17.5 Å². The number of benzene rings is 2. The van der Waals surface area contributed by atoms with E-state index in [4.69, 9.17) is 9.15 Å². The van der Waals surface area contributed by atoms with Gasteiger partial charge in [0.05, 0.1) is 13.2 Å². The molecule has 2 heterocycles. The van der Waals surface area contributed by atoms with Gasteiger partial charge in [0.2, 0.25) is 0 Å². The number of nitrogens with one attached hydrogen (secondary N) is 1. The lowest BCUT2D eigenvalue weighted by Gasteiger charge is -2.28. The first kappa shape index (κ1) is 20.5. The summed E-state index contributed by atoms with van der Waals surface area (Å²) in [6, 6.07) is 12.4. The van der Waals surface area contributed by atoms with Crippen molar-refractivity contribution in [3.63, 3.8) is 0 Å². The zero-order valence-corrected chi connectivity index (χ0v) is 18.2. The van der Waals surface area contributed by atoms with Crippen LogP contribution >= 0.6 is 0 Å². The van der Waals surface area contributed by atoms with Gasteiger partial charge in [-0.05, 0) is 81.6 Å². The molecule has 3 aromatic rings. The van der Waals surface area contributed by atoms with Crippen LogP contribution in [0, 0.1) is 20.8 Å². The SMILES string of the molecule is COc1ccc([C@H](CNC(=O)c2oc3cc(C)cc(C)c3c2C)N2CCCC2)cc1. The maximum Gasteiger partial charge on any atom is 0.287 e. The van der Waals surface area contributed by atoms with Crippen LogP contribution in [0.3, 0.4) is 0 Å². The van der Waals surface area contributed by atoms with Crippen LogP contribution in [0.1, 0.15) is 51.7 Å². The Bertz CT molecular complexity index is 1050. The van der Waals surface area contributed by atoms with E-state index in [-0.39, 0.29) is 11.9 Å². The van der Waals surface area contributed by atoms with E-state index in [1.807, 2.05) is 32.0 Å². The van der Waals surface area contributed by atoms with Crippen molar-refractivity contribution in [1.29, 1.82) is 0 Å². The molecule has 1 N–H and O–H groups in total. The maximum atomic E-state index is 13.0. The molecule has 1 saturated heterocycles. The van der Waals surface area contributed by atoms with Gasteiger partial charge in [-0.15, -0.1) is 0 Å². The van der Waals surface area contributed by atoms with Crippen LogP contribution in [0.15, 0.2) is 40.8 Å². The van der Waals surface area contributed by atoms with Gasteiger partial charge in [0.15, 0.2) is 5.76 Å². The molecular weight excluding hydrogens is 376 g/mol. The second kappa shape index (κ2) is 8.52. The number of ether oxygens (including phenoxy) is 1. The molecule has 0 spiro atoms. The molecule has 158 valence electrons. The monoisotopic (exact) mass is 406 g/mol. The molecule has 5 nitrogen and oxygen atoms in total. The summed E-state index contributed by atoms with van der Waals surface area (Å²) in [6.45, 7) is 8.71. The number of nitrogens with zero attached hydrogens (tertiary/aromatic N) is 1. The standard InChI is InChI=1S/C25H30N2O3/c1-16-13-17(2)23-18(3)24(30-22(23)14-16)25(28)26-15-21(27-11-5-6-12-27)19-7-9-20(29-4)10-8-19/h7-10,13-14,21H,5-6,11-12,15H2,1-4H3,(H,26,28)/t21-/m0/s1. The summed E-state index contributed by atoms with van der Waals surface area (Å²) < 4.78 is 11.3. The molecule has 0 bridgehead atoms. The summed E-state index contributed by atoms with van der Waals surface area (Å²) >= 11 is 0. The third kappa shape index (κ3) is 3.94. The van der Waals surface area contributed by atoms with E-state index in [9.17, 15) is 4.79 Å². The van der Waals surface area contributed by atoms with Gasteiger partial charge < -0.3 is 14.5 Å². The molecule has 1 aromatic heterocycles. The van der Waals surface area contributed by atoms with Gasteiger partial charge in [-0.3, -0.25) is 9.69 Å². The number of carbonyl (C=O) groups is 1. The van der Waals surface area contributed by atoms with Crippen LogP contribution in [-0.2, 0) is 0 Å². The lowest BCUT2D eigenvalue weighted by Crippen LogP contribution is -2.36. The Hall–Kier alpha value is -2.79. The summed E-state index contributed by atoms with van der Waals surface area (Å²) in [5.74, 6) is 1.10. The minimum atomic E-state index is -0.154. The van der Waals surface area contributed by atoms with Gasteiger partial charge in [-0.2, -0.15) is 0 Å². The first-order chi connectivity index (χ1) is 14.5. The average Bonchev–Trinajstić information content (AvgIpc) is 3.37. The minimum absolute atomic E-state index is 0.135. The fourth-order valence-corrected chi connectivity index (χ4v) is 4.61. The number of likely N-dealkylation sites (tertiary alicyclic amines) is 1. The molecule has 1 amide bonds. The third-order valence-corrected chi connectivity index (χ3v) is 6.12. The lowest BCUT2D eigenvalue weighted by molar-refractivity contribution is 0.0911. The third-order valence-electron chi connectivity index (χ3n) is 6.12. The fraction of sp³-hybridized carbons (Fsp3) is 0.400. The quantitative estimate of drug-likeness (QED) is 0.630. The van der Waals surface area contributed by atoms with E-state index in [1.54, 1.807) is 7.11 Å². The Morgan fingerprint density at radius 2 is 1.83 bits per heavy atom. The number of hydrogen-bond acceptors (Lipinski definition) is 4. The first-order valence-corrected chi connectivity index (χ1v) is 10.6. The predicted molar refractivity (Wildman–Crippen MR) is 119 cm³/mol. The molecule has 0 aliphatic carbocycles. The Labute approximate surface area is 178 Å². The molecule has 4 rings (SSSR count). The van der Waals surface area contributed by atoms with Crippen molar-refractivity contribution in [3.8, 4) is 5.75 Å². The number of rotatable bonds is 6. The maximum absolute atomic E-state index is 13.0. The number of carbonyl (C=O) groups excluding carboxylic acids is 1. The summed E-state index contributed by atoms with van der Waals surface area (Å²) in [5.41, 5.74) is 5.14. The van der Waals surface area contributed by atoms with Crippen molar-refractivity contribution in [2.75, 3.05) is 26.7 Å². The summed E-state index contributed by atoms with van der Waals surface area (Å²) in [5, 5.41) is 4.17. The number of aryl methyl sites for hydroxylation is 3. The molecule has 30 heavy (non-hydrogen) atoms. The Morgan fingerprint density at radius 3 is 2.50 bits per heavy atom. The fourth-order valence-electron chi connectivity index (χ4n) is 4.61. The number of hydrogen-bond donors (Lipinski definition) is 1.